The van der Waals surface area contributed by atoms with Crippen LogP contribution in [0, 0.1) is 13.8 Å². The lowest BCUT2D eigenvalue weighted by Crippen LogP contribution is -2.32. The van der Waals surface area contributed by atoms with Gasteiger partial charge in [-0.1, -0.05) is 48.9 Å². The lowest BCUT2D eigenvalue weighted by atomic mass is 9.97. The minimum atomic E-state index is -0.101. The van der Waals surface area contributed by atoms with E-state index in [4.69, 9.17) is 4.74 Å². The SMILES string of the molecule is CCC(NC(=O)COc1ccccc1)c1ccc(C)cc1C. The summed E-state index contributed by atoms with van der Waals surface area (Å²) < 4.78 is 5.49. The minimum Gasteiger partial charge on any atom is -0.484 e. The van der Waals surface area contributed by atoms with Crippen molar-refractivity contribution in [1.29, 1.82) is 0 Å². The molecule has 0 heterocycles. The zero-order valence-corrected chi connectivity index (χ0v) is 13.4. The highest BCUT2D eigenvalue weighted by Crippen LogP contribution is 2.21. The van der Waals surface area contributed by atoms with Crippen molar-refractivity contribution in [2.75, 3.05) is 6.61 Å². The maximum Gasteiger partial charge on any atom is 0.258 e. The summed E-state index contributed by atoms with van der Waals surface area (Å²) in [5.74, 6) is 0.605. The van der Waals surface area contributed by atoms with E-state index in [0.717, 1.165) is 6.42 Å². The highest BCUT2D eigenvalue weighted by atomic mass is 16.5. The van der Waals surface area contributed by atoms with Gasteiger partial charge in [0, 0.05) is 0 Å². The zero-order valence-electron chi connectivity index (χ0n) is 13.4. The van der Waals surface area contributed by atoms with Gasteiger partial charge in [0.25, 0.3) is 5.91 Å². The van der Waals surface area contributed by atoms with Crippen LogP contribution >= 0.6 is 0 Å². The van der Waals surface area contributed by atoms with Crippen molar-refractivity contribution in [2.45, 2.75) is 33.2 Å². The lowest BCUT2D eigenvalue weighted by Gasteiger charge is -2.20. The molecule has 2 aromatic carbocycles. The van der Waals surface area contributed by atoms with E-state index in [1.807, 2.05) is 30.3 Å². The van der Waals surface area contributed by atoms with E-state index in [-0.39, 0.29) is 18.6 Å². The minimum absolute atomic E-state index is 0.0208. The Labute approximate surface area is 132 Å². The van der Waals surface area contributed by atoms with Gasteiger partial charge in [0.15, 0.2) is 6.61 Å². The molecule has 0 radical (unpaired) electrons. The molecular formula is C19H23NO2. The Morgan fingerprint density at radius 2 is 1.86 bits per heavy atom. The molecule has 1 N–H and O–H groups in total. The molecule has 0 saturated carbocycles. The van der Waals surface area contributed by atoms with Crippen LogP contribution in [-0.4, -0.2) is 12.5 Å². The van der Waals surface area contributed by atoms with Crippen LogP contribution in [0.2, 0.25) is 0 Å². The van der Waals surface area contributed by atoms with Gasteiger partial charge in [-0.3, -0.25) is 4.79 Å². The fourth-order valence-electron chi connectivity index (χ4n) is 2.52. The summed E-state index contributed by atoms with van der Waals surface area (Å²) in [5, 5.41) is 3.05. The average Bonchev–Trinajstić information content (AvgIpc) is 2.52. The molecule has 0 bridgehead atoms. The maximum atomic E-state index is 12.1. The summed E-state index contributed by atoms with van der Waals surface area (Å²) in [6, 6.07) is 15.7. The van der Waals surface area contributed by atoms with E-state index in [2.05, 4.69) is 44.3 Å². The van der Waals surface area contributed by atoms with Crippen molar-refractivity contribution in [1.82, 2.24) is 5.32 Å². The number of carbonyl (C=O) groups excluding carboxylic acids is 1. The molecule has 0 saturated heterocycles. The Kier molecular flexibility index (Phi) is 5.59. The number of carbonyl (C=O) groups is 1. The summed E-state index contributed by atoms with van der Waals surface area (Å²) in [6.07, 6.45) is 0.848. The summed E-state index contributed by atoms with van der Waals surface area (Å²) in [5.41, 5.74) is 3.60. The van der Waals surface area contributed by atoms with Crippen LogP contribution in [0.4, 0.5) is 0 Å². The topological polar surface area (TPSA) is 38.3 Å². The van der Waals surface area contributed by atoms with E-state index in [1.54, 1.807) is 0 Å². The largest absolute Gasteiger partial charge is 0.484 e. The molecule has 1 unspecified atom stereocenters. The summed E-state index contributed by atoms with van der Waals surface area (Å²) in [7, 11) is 0. The van der Waals surface area contributed by atoms with Crippen molar-refractivity contribution in [2.24, 2.45) is 0 Å². The van der Waals surface area contributed by atoms with Crippen LogP contribution in [0.1, 0.15) is 36.1 Å². The first kappa shape index (κ1) is 16.1. The third-order valence-electron chi connectivity index (χ3n) is 3.66. The van der Waals surface area contributed by atoms with Gasteiger partial charge < -0.3 is 10.1 Å². The standard InChI is InChI=1S/C19H23NO2/c1-4-18(17-11-10-14(2)12-15(17)3)20-19(21)13-22-16-8-6-5-7-9-16/h5-12,18H,4,13H2,1-3H3,(H,20,21). The first-order valence-electron chi connectivity index (χ1n) is 7.64. The number of rotatable bonds is 6. The molecule has 2 aromatic rings. The Hall–Kier alpha value is -2.29. The van der Waals surface area contributed by atoms with Gasteiger partial charge in [0.2, 0.25) is 0 Å². The van der Waals surface area contributed by atoms with Gasteiger partial charge in [0.05, 0.1) is 6.04 Å². The third kappa shape index (κ3) is 4.35. The Bertz CT molecular complexity index is 623. The fourth-order valence-corrected chi connectivity index (χ4v) is 2.52. The van der Waals surface area contributed by atoms with Crippen LogP contribution in [-0.2, 0) is 4.79 Å². The van der Waals surface area contributed by atoms with Crippen LogP contribution in [0.5, 0.6) is 5.75 Å². The van der Waals surface area contributed by atoms with Gasteiger partial charge >= 0.3 is 0 Å². The van der Waals surface area contributed by atoms with E-state index >= 15 is 0 Å². The van der Waals surface area contributed by atoms with Gasteiger partial charge in [-0.2, -0.15) is 0 Å². The molecule has 1 atom stereocenters. The van der Waals surface area contributed by atoms with Crippen molar-refractivity contribution < 1.29 is 9.53 Å². The lowest BCUT2D eigenvalue weighted by molar-refractivity contribution is -0.123. The fraction of sp³-hybridized carbons (Fsp3) is 0.316. The molecule has 3 nitrogen and oxygen atoms in total. The van der Waals surface area contributed by atoms with Crippen molar-refractivity contribution >= 4 is 5.91 Å². The second kappa shape index (κ2) is 7.64. The number of hydrogen-bond donors (Lipinski definition) is 1. The highest BCUT2D eigenvalue weighted by molar-refractivity contribution is 5.78. The number of ether oxygens (including phenoxy) is 1. The number of benzene rings is 2. The quantitative estimate of drug-likeness (QED) is 0.876. The molecule has 0 aliphatic rings. The number of para-hydroxylation sites is 1. The van der Waals surface area contributed by atoms with Crippen LogP contribution in [0.3, 0.4) is 0 Å². The molecule has 1 amide bonds. The van der Waals surface area contributed by atoms with Crippen molar-refractivity contribution in [3.63, 3.8) is 0 Å². The van der Waals surface area contributed by atoms with Crippen molar-refractivity contribution in [3.05, 3.63) is 65.2 Å². The Balaban J connectivity index is 1.96. The molecule has 0 spiro atoms. The van der Waals surface area contributed by atoms with Gasteiger partial charge in [-0.25, -0.2) is 0 Å². The van der Waals surface area contributed by atoms with Gasteiger partial charge in [-0.15, -0.1) is 0 Å². The van der Waals surface area contributed by atoms with Crippen LogP contribution < -0.4 is 10.1 Å². The third-order valence-corrected chi connectivity index (χ3v) is 3.66. The molecule has 116 valence electrons. The number of aryl methyl sites for hydroxylation is 2. The maximum absolute atomic E-state index is 12.1. The molecule has 0 aromatic heterocycles. The number of amides is 1. The summed E-state index contributed by atoms with van der Waals surface area (Å²) in [4.78, 5) is 12.1. The monoisotopic (exact) mass is 297 g/mol. The predicted octanol–water partition coefficient (Wildman–Crippen LogP) is 3.95. The van der Waals surface area contributed by atoms with Crippen LogP contribution in [0.25, 0.3) is 0 Å². The molecule has 22 heavy (non-hydrogen) atoms. The molecule has 3 heteroatoms. The second-order valence-corrected chi connectivity index (χ2v) is 5.49. The molecule has 0 aliphatic heterocycles. The van der Waals surface area contributed by atoms with Gasteiger partial charge in [-0.05, 0) is 43.5 Å². The first-order valence-corrected chi connectivity index (χ1v) is 7.64. The Morgan fingerprint density at radius 3 is 2.50 bits per heavy atom. The average molecular weight is 297 g/mol. The van der Waals surface area contributed by atoms with Crippen molar-refractivity contribution in [3.8, 4) is 5.75 Å². The van der Waals surface area contributed by atoms with Crippen LogP contribution in [0.15, 0.2) is 48.5 Å². The summed E-state index contributed by atoms with van der Waals surface area (Å²) >= 11 is 0. The molecule has 0 fully saturated rings. The molecule has 2 rings (SSSR count). The van der Waals surface area contributed by atoms with E-state index < -0.39 is 0 Å². The first-order chi connectivity index (χ1) is 10.6. The van der Waals surface area contributed by atoms with E-state index in [9.17, 15) is 4.79 Å². The Morgan fingerprint density at radius 1 is 1.14 bits per heavy atom. The smallest absolute Gasteiger partial charge is 0.258 e. The molecular weight excluding hydrogens is 274 g/mol. The second-order valence-electron chi connectivity index (χ2n) is 5.49. The van der Waals surface area contributed by atoms with Gasteiger partial charge in [0.1, 0.15) is 5.75 Å². The number of hydrogen-bond acceptors (Lipinski definition) is 2. The normalized spacial score (nSPS) is 11.8. The molecule has 0 aliphatic carbocycles. The highest BCUT2D eigenvalue weighted by Gasteiger charge is 2.15. The summed E-state index contributed by atoms with van der Waals surface area (Å²) in [6.45, 7) is 6.26. The predicted molar refractivity (Wildman–Crippen MR) is 89.0 cm³/mol. The van der Waals surface area contributed by atoms with E-state index in [1.165, 1.54) is 16.7 Å². The van der Waals surface area contributed by atoms with E-state index in [0.29, 0.717) is 5.75 Å². The zero-order chi connectivity index (χ0) is 15.9. The number of nitrogens with one attached hydrogen (secondary N) is 1.